The Hall–Kier alpha value is -2.31. The standard InChI is InChI=1S/C19H24F3N3O/c1-5-9-14-10-7-8-11-16(14)25(4)18-23-12-15(19(20,21)22)17(24-18)26-13(3)6-2/h7-8,10-13H,5-6,9H2,1-4H3. The minimum absolute atomic E-state index is 0.167. The number of aromatic nitrogens is 2. The van der Waals surface area contributed by atoms with Crippen molar-refractivity contribution in [3.8, 4) is 5.88 Å². The number of halogens is 3. The molecule has 0 aliphatic rings. The van der Waals surface area contributed by atoms with Crippen LogP contribution in [0.1, 0.15) is 44.7 Å². The van der Waals surface area contributed by atoms with E-state index in [0.29, 0.717) is 6.42 Å². The highest BCUT2D eigenvalue weighted by molar-refractivity contribution is 5.61. The third-order valence-corrected chi connectivity index (χ3v) is 4.11. The number of benzene rings is 1. The molecule has 0 aliphatic heterocycles. The first-order valence-corrected chi connectivity index (χ1v) is 8.70. The van der Waals surface area contributed by atoms with Gasteiger partial charge in [0.2, 0.25) is 11.8 Å². The van der Waals surface area contributed by atoms with Gasteiger partial charge in [0, 0.05) is 18.9 Å². The molecular formula is C19H24F3N3O. The molecule has 142 valence electrons. The lowest BCUT2D eigenvalue weighted by molar-refractivity contribution is -0.139. The highest BCUT2D eigenvalue weighted by Gasteiger charge is 2.37. The van der Waals surface area contributed by atoms with E-state index in [1.165, 1.54) is 0 Å². The molecule has 2 rings (SSSR count). The van der Waals surface area contributed by atoms with E-state index < -0.39 is 17.6 Å². The smallest absolute Gasteiger partial charge is 0.423 e. The van der Waals surface area contributed by atoms with E-state index in [0.717, 1.165) is 30.3 Å². The molecule has 26 heavy (non-hydrogen) atoms. The fourth-order valence-electron chi connectivity index (χ4n) is 2.50. The number of aryl methyl sites for hydroxylation is 1. The lowest BCUT2D eigenvalue weighted by Gasteiger charge is -2.23. The largest absolute Gasteiger partial charge is 0.474 e. The molecule has 2 aromatic rings. The number of para-hydroxylation sites is 1. The highest BCUT2D eigenvalue weighted by atomic mass is 19.4. The molecule has 0 spiro atoms. The van der Waals surface area contributed by atoms with Crippen LogP contribution in [0, 0.1) is 0 Å². The van der Waals surface area contributed by atoms with Crippen molar-refractivity contribution < 1.29 is 17.9 Å². The molecule has 4 nitrogen and oxygen atoms in total. The van der Waals surface area contributed by atoms with E-state index in [9.17, 15) is 13.2 Å². The Bertz CT molecular complexity index is 734. The number of anilines is 2. The summed E-state index contributed by atoms with van der Waals surface area (Å²) < 4.78 is 45.2. The molecule has 1 unspecified atom stereocenters. The number of rotatable bonds is 7. The second-order valence-corrected chi connectivity index (χ2v) is 6.16. The highest BCUT2D eigenvalue weighted by Crippen LogP contribution is 2.37. The molecule has 0 amide bonds. The Balaban J connectivity index is 2.45. The van der Waals surface area contributed by atoms with Crippen LogP contribution in [-0.2, 0) is 12.6 Å². The van der Waals surface area contributed by atoms with Crippen LogP contribution >= 0.6 is 0 Å². The summed E-state index contributed by atoms with van der Waals surface area (Å²) in [6.07, 6.45) is -1.76. The van der Waals surface area contributed by atoms with Crippen LogP contribution in [0.3, 0.4) is 0 Å². The van der Waals surface area contributed by atoms with Crippen molar-refractivity contribution in [2.75, 3.05) is 11.9 Å². The number of ether oxygens (including phenoxy) is 1. The summed E-state index contributed by atoms with van der Waals surface area (Å²) in [5, 5.41) is 0. The van der Waals surface area contributed by atoms with Crippen molar-refractivity contribution in [3.05, 3.63) is 41.6 Å². The molecule has 7 heteroatoms. The average molecular weight is 367 g/mol. The Labute approximate surface area is 152 Å². The number of hydrogen-bond donors (Lipinski definition) is 0. The third-order valence-electron chi connectivity index (χ3n) is 4.11. The molecule has 0 radical (unpaired) electrons. The van der Waals surface area contributed by atoms with Gasteiger partial charge >= 0.3 is 6.18 Å². The maximum atomic E-state index is 13.2. The van der Waals surface area contributed by atoms with Crippen LogP contribution in [0.5, 0.6) is 5.88 Å². The van der Waals surface area contributed by atoms with Crippen LogP contribution < -0.4 is 9.64 Å². The summed E-state index contributed by atoms with van der Waals surface area (Å²) in [6, 6.07) is 7.72. The van der Waals surface area contributed by atoms with E-state index in [-0.39, 0.29) is 12.1 Å². The van der Waals surface area contributed by atoms with E-state index in [2.05, 4.69) is 16.9 Å². The first kappa shape index (κ1) is 20.0. The molecule has 1 aromatic heterocycles. The summed E-state index contributed by atoms with van der Waals surface area (Å²) in [7, 11) is 1.74. The van der Waals surface area contributed by atoms with Crippen molar-refractivity contribution >= 4 is 11.6 Å². The predicted octanol–water partition coefficient (Wildman–Crippen LogP) is 5.39. The van der Waals surface area contributed by atoms with Gasteiger partial charge in [0.1, 0.15) is 5.56 Å². The minimum atomic E-state index is -4.57. The molecule has 0 aliphatic carbocycles. The summed E-state index contributed by atoms with van der Waals surface area (Å²) in [5.74, 6) is -0.267. The van der Waals surface area contributed by atoms with Gasteiger partial charge in [-0.25, -0.2) is 4.98 Å². The Kier molecular flexibility index (Phi) is 6.45. The SMILES string of the molecule is CCCc1ccccc1N(C)c1ncc(C(F)(F)F)c(OC(C)CC)n1. The predicted molar refractivity (Wildman–Crippen MR) is 95.9 cm³/mol. The van der Waals surface area contributed by atoms with Gasteiger partial charge in [0.25, 0.3) is 0 Å². The second-order valence-electron chi connectivity index (χ2n) is 6.16. The molecule has 1 heterocycles. The zero-order valence-corrected chi connectivity index (χ0v) is 15.5. The zero-order chi connectivity index (χ0) is 19.3. The first-order valence-electron chi connectivity index (χ1n) is 8.70. The molecule has 0 fully saturated rings. The molecule has 0 saturated heterocycles. The van der Waals surface area contributed by atoms with Crippen LogP contribution in [0.25, 0.3) is 0 Å². The normalized spacial score (nSPS) is 12.7. The fraction of sp³-hybridized carbons (Fsp3) is 0.474. The molecular weight excluding hydrogens is 343 g/mol. The van der Waals surface area contributed by atoms with Crippen molar-refractivity contribution in [1.29, 1.82) is 0 Å². The third kappa shape index (κ3) is 4.65. The van der Waals surface area contributed by atoms with Crippen LogP contribution in [0.15, 0.2) is 30.5 Å². The quantitative estimate of drug-likeness (QED) is 0.657. The number of hydrogen-bond acceptors (Lipinski definition) is 4. The lowest BCUT2D eigenvalue weighted by atomic mass is 10.1. The lowest BCUT2D eigenvalue weighted by Crippen LogP contribution is -2.20. The second kappa shape index (κ2) is 8.38. The average Bonchev–Trinajstić information content (AvgIpc) is 2.60. The van der Waals surface area contributed by atoms with Crippen molar-refractivity contribution in [2.45, 2.75) is 52.3 Å². The van der Waals surface area contributed by atoms with Gasteiger partial charge in [-0.15, -0.1) is 0 Å². The van der Waals surface area contributed by atoms with Crippen LogP contribution in [0.2, 0.25) is 0 Å². The molecule has 1 atom stereocenters. The minimum Gasteiger partial charge on any atom is -0.474 e. The monoisotopic (exact) mass is 367 g/mol. The van der Waals surface area contributed by atoms with Gasteiger partial charge in [0.15, 0.2) is 0 Å². The Morgan fingerprint density at radius 2 is 1.88 bits per heavy atom. The number of nitrogens with zero attached hydrogens (tertiary/aromatic N) is 3. The molecule has 0 saturated carbocycles. The van der Waals surface area contributed by atoms with Gasteiger partial charge < -0.3 is 9.64 Å². The summed E-state index contributed by atoms with van der Waals surface area (Å²) in [4.78, 5) is 9.70. The van der Waals surface area contributed by atoms with Crippen LogP contribution in [0.4, 0.5) is 24.8 Å². The van der Waals surface area contributed by atoms with Crippen molar-refractivity contribution in [3.63, 3.8) is 0 Å². The zero-order valence-electron chi connectivity index (χ0n) is 15.5. The summed E-state index contributed by atoms with van der Waals surface area (Å²) in [5.41, 5.74) is 0.991. The van der Waals surface area contributed by atoms with Gasteiger partial charge in [-0.2, -0.15) is 18.2 Å². The maximum absolute atomic E-state index is 13.2. The van der Waals surface area contributed by atoms with E-state index in [1.807, 2.05) is 31.2 Å². The van der Waals surface area contributed by atoms with E-state index in [4.69, 9.17) is 4.74 Å². The molecule has 1 aromatic carbocycles. The van der Waals surface area contributed by atoms with Crippen molar-refractivity contribution in [2.24, 2.45) is 0 Å². The Morgan fingerprint density at radius 1 is 1.19 bits per heavy atom. The molecule has 0 N–H and O–H groups in total. The van der Waals surface area contributed by atoms with Gasteiger partial charge in [-0.05, 0) is 31.4 Å². The first-order chi connectivity index (χ1) is 12.3. The summed E-state index contributed by atoms with van der Waals surface area (Å²) in [6.45, 7) is 5.62. The molecule has 0 bridgehead atoms. The Morgan fingerprint density at radius 3 is 2.50 bits per heavy atom. The van der Waals surface area contributed by atoms with Crippen LogP contribution in [-0.4, -0.2) is 23.1 Å². The van der Waals surface area contributed by atoms with E-state index >= 15 is 0 Å². The summed E-state index contributed by atoms with van der Waals surface area (Å²) >= 11 is 0. The number of alkyl halides is 3. The maximum Gasteiger partial charge on any atom is 0.423 e. The fourth-order valence-corrected chi connectivity index (χ4v) is 2.50. The topological polar surface area (TPSA) is 38.2 Å². The van der Waals surface area contributed by atoms with Gasteiger partial charge in [-0.3, -0.25) is 0 Å². The van der Waals surface area contributed by atoms with Crippen molar-refractivity contribution in [1.82, 2.24) is 9.97 Å². The van der Waals surface area contributed by atoms with Gasteiger partial charge in [0.05, 0.1) is 6.10 Å². The van der Waals surface area contributed by atoms with E-state index in [1.54, 1.807) is 18.9 Å². The van der Waals surface area contributed by atoms with Gasteiger partial charge in [-0.1, -0.05) is 38.5 Å².